The maximum atomic E-state index is 12.0. The van der Waals surface area contributed by atoms with Gasteiger partial charge in [-0.15, -0.1) is 0 Å². The largest absolute Gasteiger partial charge is 0.449 e. The van der Waals surface area contributed by atoms with E-state index >= 15 is 0 Å². The predicted molar refractivity (Wildman–Crippen MR) is 55.4 cm³/mol. The summed E-state index contributed by atoms with van der Waals surface area (Å²) in [7, 11) is 0. The first kappa shape index (κ1) is 13.4. The van der Waals surface area contributed by atoms with Gasteiger partial charge >= 0.3 is 6.18 Å². The van der Waals surface area contributed by atoms with Gasteiger partial charge in [-0.3, -0.25) is 4.79 Å². The highest BCUT2D eigenvalue weighted by Crippen LogP contribution is 2.21. The van der Waals surface area contributed by atoms with Crippen molar-refractivity contribution < 1.29 is 22.8 Å². The van der Waals surface area contributed by atoms with Gasteiger partial charge in [-0.2, -0.15) is 13.2 Å². The van der Waals surface area contributed by atoms with E-state index < -0.39 is 24.3 Å². The number of carbonyl (C=O) groups excluding carboxylic acids is 2. The molecule has 1 aromatic rings. The molecule has 0 aliphatic carbocycles. The zero-order valence-electron chi connectivity index (χ0n) is 8.91. The zero-order valence-corrected chi connectivity index (χ0v) is 8.91. The van der Waals surface area contributed by atoms with E-state index in [1.54, 1.807) is 30.3 Å². The number of halogens is 3. The predicted octanol–water partition coefficient (Wildman–Crippen LogP) is 2.57. The van der Waals surface area contributed by atoms with Gasteiger partial charge in [0.25, 0.3) is 0 Å². The lowest BCUT2D eigenvalue weighted by Gasteiger charge is -2.11. The average Bonchev–Trinajstić information content (AvgIpc) is 2.28. The lowest BCUT2D eigenvalue weighted by Crippen LogP contribution is -2.26. The van der Waals surface area contributed by atoms with E-state index in [-0.39, 0.29) is 6.42 Å². The van der Waals surface area contributed by atoms with Gasteiger partial charge in [-0.05, 0) is 12.0 Å². The Morgan fingerprint density at radius 1 is 1.24 bits per heavy atom. The van der Waals surface area contributed by atoms with Crippen LogP contribution in [0, 0.1) is 5.92 Å². The van der Waals surface area contributed by atoms with Crippen LogP contribution in [0.15, 0.2) is 30.3 Å². The number of benzene rings is 1. The van der Waals surface area contributed by atoms with Crippen molar-refractivity contribution in [2.24, 2.45) is 5.92 Å². The molecule has 17 heavy (non-hydrogen) atoms. The average molecular weight is 244 g/mol. The van der Waals surface area contributed by atoms with Crippen molar-refractivity contribution in [3.63, 3.8) is 0 Å². The Morgan fingerprint density at radius 2 is 1.82 bits per heavy atom. The Kier molecular flexibility index (Phi) is 4.43. The molecule has 0 spiro atoms. The van der Waals surface area contributed by atoms with Gasteiger partial charge in [-0.1, -0.05) is 30.3 Å². The molecule has 0 aromatic heterocycles. The molecule has 0 saturated heterocycles. The number of alkyl halides is 3. The Bertz CT molecular complexity index is 384. The summed E-state index contributed by atoms with van der Waals surface area (Å²) in [6.45, 7) is 0. The van der Waals surface area contributed by atoms with Crippen molar-refractivity contribution in [1.29, 1.82) is 0 Å². The van der Waals surface area contributed by atoms with E-state index in [0.29, 0.717) is 6.29 Å². The zero-order chi connectivity index (χ0) is 12.9. The quantitative estimate of drug-likeness (QED) is 0.746. The van der Waals surface area contributed by atoms with Crippen LogP contribution in [-0.2, 0) is 16.0 Å². The van der Waals surface area contributed by atoms with Crippen LogP contribution in [0.4, 0.5) is 13.2 Å². The van der Waals surface area contributed by atoms with Gasteiger partial charge < -0.3 is 4.79 Å². The summed E-state index contributed by atoms with van der Waals surface area (Å²) >= 11 is 0. The van der Waals surface area contributed by atoms with Crippen molar-refractivity contribution in [3.8, 4) is 0 Å². The lowest BCUT2D eigenvalue weighted by atomic mass is 9.95. The van der Waals surface area contributed by atoms with Crippen LogP contribution >= 0.6 is 0 Å². The fourth-order valence-electron chi connectivity index (χ4n) is 1.44. The molecule has 0 aliphatic heterocycles. The van der Waals surface area contributed by atoms with Crippen molar-refractivity contribution in [3.05, 3.63) is 35.9 Å². The van der Waals surface area contributed by atoms with Crippen molar-refractivity contribution in [1.82, 2.24) is 0 Å². The highest BCUT2D eigenvalue weighted by Gasteiger charge is 2.39. The van der Waals surface area contributed by atoms with Crippen molar-refractivity contribution in [2.45, 2.75) is 19.0 Å². The van der Waals surface area contributed by atoms with E-state index in [0.717, 1.165) is 5.56 Å². The third-order valence-corrected chi connectivity index (χ3v) is 2.30. The molecule has 2 nitrogen and oxygen atoms in total. The molecule has 1 atom stereocenters. The summed E-state index contributed by atoms with van der Waals surface area (Å²) in [4.78, 5) is 21.4. The maximum Gasteiger partial charge on any atom is 0.449 e. The smallest absolute Gasteiger partial charge is 0.303 e. The first-order chi connectivity index (χ1) is 7.93. The minimum absolute atomic E-state index is 0.145. The Hall–Kier alpha value is -1.65. The molecule has 0 aliphatic rings. The second-order valence-corrected chi connectivity index (χ2v) is 3.71. The maximum absolute atomic E-state index is 12.0. The van der Waals surface area contributed by atoms with Crippen LogP contribution in [0.5, 0.6) is 0 Å². The van der Waals surface area contributed by atoms with Crippen LogP contribution in [0.2, 0.25) is 0 Å². The van der Waals surface area contributed by atoms with Crippen LogP contribution in [0.1, 0.15) is 12.0 Å². The first-order valence-corrected chi connectivity index (χ1v) is 5.02. The topological polar surface area (TPSA) is 34.1 Å². The summed E-state index contributed by atoms with van der Waals surface area (Å²) in [6, 6.07) is 8.62. The molecule has 0 saturated carbocycles. The standard InChI is InChI=1S/C12H11F3O2/c13-12(14,15)11(17)7-10(8-16)6-9-4-2-1-3-5-9/h1-5,8,10H,6-7H2. The molecular weight excluding hydrogens is 233 g/mol. The molecule has 0 radical (unpaired) electrons. The van der Waals surface area contributed by atoms with Crippen molar-refractivity contribution in [2.75, 3.05) is 0 Å². The number of hydrogen-bond donors (Lipinski definition) is 0. The van der Waals surface area contributed by atoms with Gasteiger partial charge in [0.05, 0.1) is 0 Å². The van der Waals surface area contributed by atoms with Gasteiger partial charge in [0.15, 0.2) is 0 Å². The molecule has 1 rings (SSSR count). The lowest BCUT2D eigenvalue weighted by molar-refractivity contribution is -0.172. The van der Waals surface area contributed by atoms with Gasteiger partial charge in [0.1, 0.15) is 6.29 Å². The monoisotopic (exact) mass is 244 g/mol. The number of ketones is 1. The van der Waals surface area contributed by atoms with Crippen LogP contribution in [0.3, 0.4) is 0 Å². The van der Waals surface area contributed by atoms with Crippen LogP contribution in [0.25, 0.3) is 0 Å². The third-order valence-electron chi connectivity index (χ3n) is 2.30. The van der Waals surface area contributed by atoms with Gasteiger partial charge in [0, 0.05) is 12.3 Å². The fourth-order valence-corrected chi connectivity index (χ4v) is 1.44. The first-order valence-electron chi connectivity index (χ1n) is 5.02. The molecule has 1 unspecified atom stereocenters. The van der Waals surface area contributed by atoms with E-state index in [1.807, 2.05) is 0 Å². The summed E-state index contributed by atoms with van der Waals surface area (Å²) < 4.78 is 36.1. The number of rotatable bonds is 5. The molecule has 0 bridgehead atoms. The van der Waals surface area contributed by atoms with Crippen LogP contribution in [-0.4, -0.2) is 18.2 Å². The van der Waals surface area contributed by atoms with E-state index in [1.165, 1.54) is 0 Å². The summed E-state index contributed by atoms with van der Waals surface area (Å²) in [5.74, 6) is -2.78. The second kappa shape index (κ2) is 5.61. The molecule has 92 valence electrons. The Morgan fingerprint density at radius 3 is 2.29 bits per heavy atom. The summed E-state index contributed by atoms with van der Waals surface area (Å²) in [5, 5.41) is 0. The highest BCUT2D eigenvalue weighted by molar-refractivity contribution is 5.86. The third kappa shape index (κ3) is 4.38. The normalized spacial score (nSPS) is 13.1. The minimum atomic E-state index is -4.86. The summed E-state index contributed by atoms with van der Waals surface area (Å²) in [5.41, 5.74) is 0.736. The van der Waals surface area contributed by atoms with E-state index in [9.17, 15) is 22.8 Å². The highest BCUT2D eigenvalue weighted by atomic mass is 19.4. The number of aldehydes is 1. The molecule has 0 fully saturated rings. The molecule has 5 heteroatoms. The Balaban J connectivity index is 2.62. The second-order valence-electron chi connectivity index (χ2n) is 3.71. The van der Waals surface area contributed by atoms with E-state index in [2.05, 4.69) is 0 Å². The van der Waals surface area contributed by atoms with E-state index in [4.69, 9.17) is 0 Å². The molecule has 1 aromatic carbocycles. The molecule has 0 amide bonds. The van der Waals surface area contributed by atoms with Gasteiger partial charge in [0.2, 0.25) is 5.78 Å². The molecule has 0 heterocycles. The number of carbonyl (C=O) groups is 2. The summed E-state index contributed by atoms with van der Waals surface area (Å²) in [6.07, 6.45) is -5.11. The van der Waals surface area contributed by atoms with Crippen molar-refractivity contribution >= 4 is 12.1 Å². The Labute approximate surface area is 96.4 Å². The molecule has 0 N–H and O–H groups in total. The van der Waals surface area contributed by atoms with Gasteiger partial charge in [-0.25, -0.2) is 0 Å². The fraction of sp³-hybridized carbons (Fsp3) is 0.333. The van der Waals surface area contributed by atoms with Crippen LogP contribution < -0.4 is 0 Å². The minimum Gasteiger partial charge on any atom is -0.303 e. The molecular formula is C12H11F3O2. The number of hydrogen-bond acceptors (Lipinski definition) is 2. The SMILES string of the molecule is O=CC(CC(=O)C(F)(F)F)Cc1ccccc1. The number of Topliss-reactive ketones (excluding diaryl/α,β-unsaturated/α-hetero) is 1.